The van der Waals surface area contributed by atoms with Crippen LogP contribution in [0.2, 0.25) is 0 Å². The molecular formula is C20H32NO2+. The predicted molar refractivity (Wildman–Crippen MR) is 92.9 cm³/mol. The van der Waals surface area contributed by atoms with Crippen molar-refractivity contribution in [1.82, 2.24) is 0 Å². The predicted octanol–water partition coefficient (Wildman–Crippen LogP) is 4.59. The topological polar surface area (TPSA) is 37.3 Å². The molecule has 0 bridgehead atoms. The van der Waals surface area contributed by atoms with E-state index in [2.05, 4.69) is 38.1 Å². The fraction of sp³-hybridized carbons (Fsp3) is 0.650. The van der Waals surface area contributed by atoms with Crippen LogP contribution in [-0.2, 0) is 11.2 Å². The van der Waals surface area contributed by atoms with Crippen molar-refractivity contribution in [3.63, 3.8) is 0 Å². The molecule has 23 heavy (non-hydrogen) atoms. The first kappa shape index (κ1) is 18.2. The third-order valence-electron chi connectivity index (χ3n) is 5.43. The van der Waals surface area contributed by atoms with Crippen molar-refractivity contribution in [3.8, 4) is 0 Å². The van der Waals surface area contributed by atoms with E-state index in [9.17, 15) is 10.0 Å². The summed E-state index contributed by atoms with van der Waals surface area (Å²) >= 11 is 0. The Balaban J connectivity index is 1.87. The van der Waals surface area contributed by atoms with Crippen molar-refractivity contribution in [2.75, 3.05) is 6.54 Å². The standard InChI is InChI=1S/C20H32NO2/c1-16(2)19(20(22)21(23)15-9-10-17(21)3)14-8-7-13-18-11-5-4-6-12-18/h4-6,11-12,16-17,19,23H,7-10,13-15H2,1-3H3/q+1/t17-,19?,21?/m1/s1. The normalized spacial score (nSPS) is 25.7. The second kappa shape index (κ2) is 8.07. The number of nitrogens with zero attached hydrogens (tertiary/aromatic N) is 1. The van der Waals surface area contributed by atoms with Gasteiger partial charge in [-0.2, -0.15) is 0 Å². The van der Waals surface area contributed by atoms with Gasteiger partial charge in [-0.15, -0.1) is 4.65 Å². The zero-order valence-corrected chi connectivity index (χ0v) is 14.9. The lowest BCUT2D eigenvalue weighted by Gasteiger charge is -2.32. The number of aryl methyl sites for hydroxylation is 1. The van der Waals surface area contributed by atoms with Crippen molar-refractivity contribution < 1.29 is 14.6 Å². The Bertz CT molecular complexity index is 500. The van der Waals surface area contributed by atoms with E-state index in [1.165, 1.54) is 5.56 Å². The molecule has 3 nitrogen and oxygen atoms in total. The minimum atomic E-state index is -0.332. The van der Waals surface area contributed by atoms with Crippen LogP contribution in [0.1, 0.15) is 58.4 Å². The smallest absolute Gasteiger partial charge is 0.227 e. The minimum absolute atomic E-state index is 0.0312. The molecule has 0 aliphatic carbocycles. The van der Waals surface area contributed by atoms with E-state index in [4.69, 9.17) is 0 Å². The van der Waals surface area contributed by atoms with Crippen molar-refractivity contribution in [2.45, 2.75) is 65.3 Å². The Labute approximate surface area is 140 Å². The van der Waals surface area contributed by atoms with Crippen LogP contribution in [0.15, 0.2) is 30.3 Å². The van der Waals surface area contributed by atoms with Crippen LogP contribution in [0.5, 0.6) is 0 Å². The van der Waals surface area contributed by atoms with Gasteiger partial charge >= 0.3 is 5.91 Å². The lowest BCUT2D eigenvalue weighted by molar-refractivity contribution is -1.05. The van der Waals surface area contributed by atoms with Crippen LogP contribution < -0.4 is 0 Å². The molecule has 128 valence electrons. The minimum Gasteiger partial charge on any atom is -0.227 e. The molecule has 1 heterocycles. The van der Waals surface area contributed by atoms with Crippen molar-refractivity contribution in [1.29, 1.82) is 0 Å². The molecule has 3 heteroatoms. The average Bonchev–Trinajstić information content (AvgIpc) is 2.88. The zero-order valence-electron chi connectivity index (χ0n) is 14.9. The van der Waals surface area contributed by atoms with E-state index in [-0.39, 0.29) is 28.4 Å². The molecule has 1 aliphatic rings. The number of carbonyl (C=O) groups excluding carboxylic acids is 1. The summed E-state index contributed by atoms with van der Waals surface area (Å²) in [7, 11) is 0. The molecule has 0 saturated carbocycles. The molecule has 1 N–H and O–H groups in total. The fourth-order valence-corrected chi connectivity index (χ4v) is 3.76. The van der Waals surface area contributed by atoms with Crippen molar-refractivity contribution >= 4 is 5.91 Å². The summed E-state index contributed by atoms with van der Waals surface area (Å²) in [6, 6.07) is 10.6. The fourth-order valence-electron chi connectivity index (χ4n) is 3.76. The number of quaternary nitrogens is 1. The molecule has 0 aromatic heterocycles. The first-order chi connectivity index (χ1) is 10.9. The summed E-state index contributed by atoms with van der Waals surface area (Å²) in [6.07, 6.45) is 5.98. The Morgan fingerprint density at radius 2 is 1.96 bits per heavy atom. The van der Waals surface area contributed by atoms with Crippen LogP contribution in [-0.4, -0.2) is 28.3 Å². The van der Waals surface area contributed by atoms with Gasteiger partial charge in [-0.05, 0) is 37.7 Å². The van der Waals surface area contributed by atoms with Gasteiger partial charge < -0.3 is 0 Å². The van der Waals surface area contributed by atoms with E-state index in [1.54, 1.807) is 0 Å². The Morgan fingerprint density at radius 1 is 1.26 bits per heavy atom. The monoisotopic (exact) mass is 318 g/mol. The first-order valence-electron chi connectivity index (χ1n) is 9.14. The highest BCUT2D eigenvalue weighted by Gasteiger charge is 2.48. The van der Waals surface area contributed by atoms with Gasteiger partial charge in [0.05, 0.1) is 5.92 Å². The van der Waals surface area contributed by atoms with Gasteiger partial charge in [0, 0.05) is 12.8 Å². The number of hydroxylamine groups is 3. The van der Waals surface area contributed by atoms with E-state index in [1.807, 2.05) is 13.0 Å². The second-order valence-corrected chi connectivity index (χ2v) is 7.46. The maximum Gasteiger partial charge on any atom is 0.349 e. The molecule has 1 aromatic carbocycles. The number of amides is 1. The molecule has 3 atom stereocenters. The van der Waals surface area contributed by atoms with Crippen LogP contribution in [0.3, 0.4) is 0 Å². The van der Waals surface area contributed by atoms with Crippen LogP contribution in [0.25, 0.3) is 0 Å². The van der Waals surface area contributed by atoms with E-state index in [0.29, 0.717) is 6.54 Å². The van der Waals surface area contributed by atoms with E-state index >= 15 is 0 Å². The summed E-state index contributed by atoms with van der Waals surface area (Å²) in [5.74, 6) is 0.301. The molecule has 2 unspecified atom stereocenters. The maximum atomic E-state index is 12.9. The molecule has 1 amide bonds. The van der Waals surface area contributed by atoms with Gasteiger partial charge in [-0.3, -0.25) is 0 Å². The van der Waals surface area contributed by atoms with E-state index in [0.717, 1.165) is 38.5 Å². The maximum absolute atomic E-state index is 12.9. The molecule has 1 aliphatic heterocycles. The number of rotatable bonds is 7. The molecular weight excluding hydrogens is 286 g/mol. The number of likely N-dealkylation sites (tertiary alicyclic amines) is 1. The Kier molecular flexibility index (Phi) is 6.37. The van der Waals surface area contributed by atoms with Crippen LogP contribution in [0, 0.1) is 11.8 Å². The molecule has 0 spiro atoms. The lowest BCUT2D eigenvalue weighted by atomic mass is 9.88. The summed E-state index contributed by atoms with van der Waals surface area (Å²) < 4.78 is -0.332. The highest BCUT2D eigenvalue weighted by atomic mass is 16.6. The summed E-state index contributed by atoms with van der Waals surface area (Å²) in [6.45, 7) is 6.80. The van der Waals surface area contributed by atoms with Crippen LogP contribution >= 0.6 is 0 Å². The third-order valence-corrected chi connectivity index (χ3v) is 5.43. The number of benzene rings is 1. The van der Waals surface area contributed by atoms with Gasteiger partial charge in [0.1, 0.15) is 12.6 Å². The number of unbranched alkanes of at least 4 members (excludes halogenated alkanes) is 1. The number of hydrogen-bond acceptors (Lipinski definition) is 2. The SMILES string of the molecule is CC(C)C(CCCCc1ccccc1)C(=O)[N+]1(O)CCC[C@H]1C. The second-order valence-electron chi connectivity index (χ2n) is 7.46. The Morgan fingerprint density at radius 3 is 2.52 bits per heavy atom. The van der Waals surface area contributed by atoms with Crippen LogP contribution in [0.4, 0.5) is 0 Å². The Hall–Kier alpha value is -1.19. The quantitative estimate of drug-likeness (QED) is 0.454. The van der Waals surface area contributed by atoms with Gasteiger partial charge in [0.2, 0.25) is 0 Å². The van der Waals surface area contributed by atoms with Gasteiger partial charge in [-0.1, -0.05) is 50.6 Å². The summed E-state index contributed by atoms with van der Waals surface area (Å²) in [5, 5.41) is 10.8. The third kappa shape index (κ3) is 4.42. The molecule has 1 saturated heterocycles. The highest BCUT2D eigenvalue weighted by Crippen LogP contribution is 2.31. The van der Waals surface area contributed by atoms with Crippen molar-refractivity contribution in [2.24, 2.45) is 11.8 Å². The largest absolute Gasteiger partial charge is 0.349 e. The molecule has 1 aromatic rings. The number of carbonyl (C=O) groups is 1. The van der Waals surface area contributed by atoms with E-state index < -0.39 is 0 Å². The highest BCUT2D eigenvalue weighted by molar-refractivity contribution is 5.72. The molecule has 0 radical (unpaired) electrons. The first-order valence-corrected chi connectivity index (χ1v) is 9.14. The summed E-state index contributed by atoms with van der Waals surface area (Å²) in [4.78, 5) is 12.9. The molecule has 2 rings (SSSR count). The summed E-state index contributed by atoms with van der Waals surface area (Å²) in [5.41, 5.74) is 1.36. The molecule has 1 fully saturated rings. The van der Waals surface area contributed by atoms with Gasteiger partial charge in [0.15, 0.2) is 0 Å². The van der Waals surface area contributed by atoms with Gasteiger partial charge in [0.25, 0.3) is 0 Å². The zero-order chi connectivity index (χ0) is 16.9. The lowest BCUT2D eigenvalue weighted by Crippen LogP contribution is -2.55. The van der Waals surface area contributed by atoms with Crippen molar-refractivity contribution in [3.05, 3.63) is 35.9 Å². The average molecular weight is 318 g/mol. The number of hydrogen-bond donors (Lipinski definition) is 1. The van der Waals surface area contributed by atoms with Gasteiger partial charge in [-0.25, -0.2) is 10.0 Å².